The predicted molar refractivity (Wildman–Crippen MR) is 85.0 cm³/mol. The van der Waals surface area contributed by atoms with Crippen molar-refractivity contribution in [1.82, 2.24) is 9.55 Å². The molecule has 108 valence electrons. The van der Waals surface area contributed by atoms with Crippen molar-refractivity contribution in [3.05, 3.63) is 62.8 Å². The number of H-pyrrole nitrogens is 1. The molecule has 3 rings (SSSR count). The lowest BCUT2D eigenvalue weighted by Gasteiger charge is -2.15. The summed E-state index contributed by atoms with van der Waals surface area (Å²) >= 11 is 8.64. The van der Waals surface area contributed by atoms with Gasteiger partial charge < -0.3 is 9.55 Å². The van der Waals surface area contributed by atoms with Gasteiger partial charge in [-0.15, -0.1) is 0 Å². The molecule has 1 atom stereocenters. The number of halogens is 3. The summed E-state index contributed by atoms with van der Waals surface area (Å²) in [4.78, 5) is 2.92. The highest BCUT2D eigenvalue weighted by atomic mass is 79.9. The summed E-state index contributed by atoms with van der Waals surface area (Å²) in [6, 6.07) is 10.0. The molecule has 0 saturated carbocycles. The van der Waals surface area contributed by atoms with Crippen LogP contribution in [0.15, 0.2) is 40.9 Å². The third-order valence-corrected chi connectivity index (χ3v) is 4.34. The molecule has 0 spiro atoms. The molecule has 21 heavy (non-hydrogen) atoms. The van der Waals surface area contributed by atoms with Crippen LogP contribution in [0.1, 0.15) is 18.5 Å². The third kappa shape index (κ3) is 2.42. The van der Waals surface area contributed by atoms with Crippen molar-refractivity contribution >= 4 is 39.2 Å². The molecule has 0 aliphatic rings. The Balaban J connectivity index is 2.24. The maximum absolute atomic E-state index is 14.1. The Bertz CT molecular complexity index is 868. The Kier molecular flexibility index (Phi) is 3.67. The summed E-state index contributed by atoms with van der Waals surface area (Å²) in [6.07, 6.45) is 0. The summed E-state index contributed by atoms with van der Waals surface area (Å²) < 4.78 is 30.6. The standard InChI is InChI=1S/C15H11BrF2N2S/c1-8(9-2-4-10(16)5-3-9)20-14-12(19-15(20)21)7-6-11(17)13(14)18/h2-8H,1H3,(H,19,21). The Morgan fingerprint density at radius 2 is 1.81 bits per heavy atom. The van der Waals surface area contributed by atoms with E-state index in [4.69, 9.17) is 12.2 Å². The van der Waals surface area contributed by atoms with Gasteiger partial charge in [-0.2, -0.15) is 0 Å². The van der Waals surface area contributed by atoms with Crippen molar-refractivity contribution < 1.29 is 8.78 Å². The molecule has 0 aliphatic heterocycles. The molecule has 1 N–H and O–H groups in total. The quantitative estimate of drug-likeness (QED) is 0.604. The Labute approximate surface area is 133 Å². The van der Waals surface area contributed by atoms with E-state index in [1.54, 1.807) is 4.57 Å². The zero-order valence-corrected chi connectivity index (χ0v) is 13.4. The molecule has 3 aromatic rings. The number of imidazole rings is 1. The highest BCUT2D eigenvalue weighted by Gasteiger charge is 2.18. The van der Waals surface area contributed by atoms with Crippen LogP contribution in [-0.2, 0) is 0 Å². The number of aromatic nitrogens is 2. The minimum absolute atomic E-state index is 0.162. The van der Waals surface area contributed by atoms with Crippen LogP contribution in [0.2, 0.25) is 0 Å². The summed E-state index contributed by atoms with van der Waals surface area (Å²) in [5.74, 6) is -1.77. The van der Waals surface area contributed by atoms with E-state index in [0.29, 0.717) is 10.3 Å². The average Bonchev–Trinajstić information content (AvgIpc) is 2.80. The van der Waals surface area contributed by atoms with Crippen molar-refractivity contribution in [3.63, 3.8) is 0 Å². The zero-order chi connectivity index (χ0) is 15.1. The van der Waals surface area contributed by atoms with E-state index in [0.717, 1.165) is 16.1 Å². The van der Waals surface area contributed by atoms with Crippen LogP contribution in [0, 0.1) is 16.4 Å². The second-order valence-electron chi connectivity index (χ2n) is 4.79. The fourth-order valence-corrected chi connectivity index (χ4v) is 3.04. The van der Waals surface area contributed by atoms with E-state index in [1.165, 1.54) is 6.07 Å². The van der Waals surface area contributed by atoms with Crippen LogP contribution < -0.4 is 0 Å². The Hall–Kier alpha value is -1.53. The lowest BCUT2D eigenvalue weighted by molar-refractivity contribution is 0.508. The van der Waals surface area contributed by atoms with Gasteiger partial charge >= 0.3 is 0 Å². The van der Waals surface area contributed by atoms with Gasteiger partial charge in [0.1, 0.15) is 5.52 Å². The molecule has 0 fully saturated rings. The minimum Gasteiger partial charge on any atom is -0.330 e. The number of rotatable bonds is 2. The van der Waals surface area contributed by atoms with Crippen LogP contribution in [0.25, 0.3) is 11.0 Å². The molecular formula is C15H11BrF2N2S. The van der Waals surface area contributed by atoms with Crippen molar-refractivity contribution in [1.29, 1.82) is 0 Å². The van der Waals surface area contributed by atoms with Crippen LogP contribution in [0.5, 0.6) is 0 Å². The van der Waals surface area contributed by atoms with Crippen LogP contribution in [-0.4, -0.2) is 9.55 Å². The number of nitrogens with zero attached hydrogens (tertiary/aromatic N) is 1. The molecule has 0 radical (unpaired) electrons. The lowest BCUT2D eigenvalue weighted by Crippen LogP contribution is -2.08. The summed E-state index contributed by atoms with van der Waals surface area (Å²) in [7, 11) is 0. The third-order valence-electron chi connectivity index (χ3n) is 3.51. The zero-order valence-electron chi connectivity index (χ0n) is 11.0. The maximum Gasteiger partial charge on any atom is 0.184 e. The van der Waals surface area contributed by atoms with Gasteiger partial charge in [-0.1, -0.05) is 28.1 Å². The Morgan fingerprint density at radius 1 is 1.14 bits per heavy atom. The summed E-state index contributed by atoms with van der Waals surface area (Å²) in [5, 5.41) is 0. The summed E-state index contributed by atoms with van der Waals surface area (Å²) in [6.45, 7) is 1.90. The second kappa shape index (κ2) is 5.35. The molecule has 0 aliphatic carbocycles. The molecule has 1 aromatic heterocycles. The van der Waals surface area contributed by atoms with E-state index >= 15 is 0 Å². The number of hydrogen-bond donors (Lipinski definition) is 1. The number of hydrogen-bond acceptors (Lipinski definition) is 1. The van der Waals surface area contributed by atoms with Crippen molar-refractivity contribution in [2.24, 2.45) is 0 Å². The van der Waals surface area contributed by atoms with Crippen molar-refractivity contribution in [2.45, 2.75) is 13.0 Å². The minimum atomic E-state index is -0.885. The van der Waals surface area contributed by atoms with Gasteiger partial charge in [-0.25, -0.2) is 8.78 Å². The fraction of sp³-hybridized carbons (Fsp3) is 0.133. The first-order valence-electron chi connectivity index (χ1n) is 6.32. The first kappa shape index (κ1) is 14.4. The molecule has 1 unspecified atom stereocenters. The van der Waals surface area contributed by atoms with Crippen LogP contribution in [0.4, 0.5) is 8.78 Å². The molecule has 6 heteroatoms. The predicted octanol–water partition coefficient (Wildman–Crippen LogP) is 5.35. The molecular weight excluding hydrogens is 358 g/mol. The molecule has 2 aromatic carbocycles. The fourth-order valence-electron chi connectivity index (χ4n) is 2.41. The summed E-state index contributed by atoms with van der Waals surface area (Å²) in [5.41, 5.74) is 1.61. The van der Waals surface area contributed by atoms with Crippen LogP contribution >= 0.6 is 28.1 Å². The number of fused-ring (bicyclic) bond motifs is 1. The monoisotopic (exact) mass is 368 g/mol. The van der Waals surface area contributed by atoms with E-state index < -0.39 is 11.6 Å². The molecule has 1 heterocycles. The van der Waals surface area contributed by atoms with E-state index in [2.05, 4.69) is 20.9 Å². The number of aromatic amines is 1. The van der Waals surface area contributed by atoms with Gasteiger partial charge in [-0.05, 0) is 49.0 Å². The van der Waals surface area contributed by atoms with Gasteiger partial charge in [0.15, 0.2) is 16.4 Å². The average molecular weight is 369 g/mol. The van der Waals surface area contributed by atoms with Gasteiger partial charge in [0.25, 0.3) is 0 Å². The first-order valence-corrected chi connectivity index (χ1v) is 7.53. The Morgan fingerprint density at radius 3 is 2.48 bits per heavy atom. The van der Waals surface area contributed by atoms with E-state index in [9.17, 15) is 8.78 Å². The van der Waals surface area contributed by atoms with Gasteiger partial charge in [0, 0.05) is 4.47 Å². The SMILES string of the molecule is CC(c1ccc(Br)cc1)n1c(=S)[nH]c2ccc(F)c(F)c21. The normalized spacial score (nSPS) is 12.8. The molecule has 2 nitrogen and oxygen atoms in total. The van der Waals surface area contributed by atoms with Crippen molar-refractivity contribution in [2.75, 3.05) is 0 Å². The van der Waals surface area contributed by atoms with E-state index in [-0.39, 0.29) is 11.6 Å². The second-order valence-corrected chi connectivity index (χ2v) is 6.09. The number of nitrogens with one attached hydrogen (secondary N) is 1. The lowest BCUT2D eigenvalue weighted by atomic mass is 10.1. The van der Waals surface area contributed by atoms with Crippen LogP contribution in [0.3, 0.4) is 0 Å². The van der Waals surface area contributed by atoms with Gasteiger partial charge in [0.05, 0.1) is 11.6 Å². The topological polar surface area (TPSA) is 20.7 Å². The van der Waals surface area contributed by atoms with E-state index in [1.807, 2.05) is 31.2 Å². The number of benzene rings is 2. The molecule has 0 bridgehead atoms. The molecule has 0 saturated heterocycles. The maximum atomic E-state index is 14.1. The smallest absolute Gasteiger partial charge is 0.184 e. The molecule has 0 amide bonds. The van der Waals surface area contributed by atoms with Crippen molar-refractivity contribution in [3.8, 4) is 0 Å². The first-order chi connectivity index (χ1) is 9.99. The van der Waals surface area contributed by atoms with Gasteiger partial charge in [0.2, 0.25) is 0 Å². The largest absolute Gasteiger partial charge is 0.330 e. The highest BCUT2D eigenvalue weighted by Crippen LogP contribution is 2.28. The van der Waals surface area contributed by atoms with Gasteiger partial charge in [-0.3, -0.25) is 0 Å². The highest BCUT2D eigenvalue weighted by molar-refractivity contribution is 9.10.